The molecule has 78 valence electrons. The topological polar surface area (TPSA) is 46.5 Å². The summed E-state index contributed by atoms with van der Waals surface area (Å²) in [5.41, 5.74) is 0. The maximum absolute atomic E-state index is 11.9. The quantitative estimate of drug-likeness (QED) is 0.721. The third-order valence-electron chi connectivity index (χ3n) is 0.807. The Morgan fingerprint density at radius 1 is 1.23 bits per heavy atom. The van der Waals surface area contributed by atoms with Gasteiger partial charge in [-0.05, 0) is 0 Å². The zero-order valence-corrected chi connectivity index (χ0v) is 5.61. The highest BCUT2D eigenvalue weighted by molar-refractivity contribution is 5.75. The summed E-state index contributed by atoms with van der Waals surface area (Å²) in [6.07, 6.45) is -9.91. The first-order chi connectivity index (χ1) is 5.57. The molecule has 13 heavy (non-hydrogen) atoms. The van der Waals surface area contributed by atoms with Gasteiger partial charge < -0.3 is 5.11 Å². The Hall–Kier alpha value is -0.990. The third-order valence-corrected chi connectivity index (χ3v) is 0.807. The van der Waals surface area contributed by atoms with Crippen LogP contribution >= 0.6 is 0 Å². The molecule has 0 amide bonds. The molecule has 0 aromatic carbocycles. The molecule has 0 aliphatic carbocycles. The summed E-state index contributed by atoms with van der Waals surface area (Å²) in [6.45, 7) is 0. The van der Waals surface area contributed by atoms with Crippen LogP contribution in [0.4, 0.5) is 26.3 Å². The SMILES string of the molecule is O=C(O)C(F)(F)C(F)OC(F)(F)F. The van der Waals surface area contributed by atoms with Crippen molar-refractivity contribution < 1.29 is 41.0 Å². The van der Waals surface area contributed by atoms with Crippen molar-refractivity contribution in [1.82, 2.24) is 0 Å². The Bertz CT molecular complexity index is 199. The Kier molecular flexibility index (Phi) is 3.14. The highest BCUT2D eigenvalue weighted by Crippen LogP contribution is 2.29. The molecule has 0 heterocycles. The summed E-state index contributed by atoms with van der Waals surface area (Å²) in [4.78, 5) is 9.51. The summed E-state index contributed by atoms with van der Waals surface area (Å²) < 4.78 is 71.1. The molecule has 0 spiro atoms. The lowest BCUT2D eigenvalue weighted by molar-refractivity contribution is -0.383. The highest BCUT2D eigenvalue weighted by atomic mass is 19.4. The van der Waals surface area contributed by atoms with Crippen LogP contribution in [-0.2, 0) is 9.53 Å². The molecule has 0 saturated heterocycles. The van der Waals surface area contributed by atoms with Gasteiger partial charge in [-0.25, -0.2) is 13.9 Å². The van der Waals surface area contributed by atoms with Crippen molar-refractivity contribution in [3.05, 3.63) is 0 Å². The fourth-order valence-corrected chi connectivity index (χ4v) is 0.288. The van der Waals surface area contributed by atoms with E-state index in [2.05, 4.69) is 4.74 Å². The van der Waals surface area contributed by atoms with E-state index in [1.807, 2.05) is 0 Å². The molecule has 0 aromatic rings. The van der Waals surface area contributed by atoms with Gasteiger partial charge in [0.25, 0.3) is 6.36 Å². The molecule has 0 fully saturated rings. The van der Waals surface area contributed by atoms with E-state index in [1.54, 1.807) is 0 Å². The summed E-state index contributed by atoms with van der Waals surface area (Å²) in [6, 6.07) is 0. The van der Waals surface area contributed by atoms with E-state index in [9.17, 15) is 31.1 Å². The van der Waals surface area contributed by atoms with Gasteiger partial charge in [0.2, 0.25) is 0 Å². The second-order valence-corrected chi connectivity index (χ2v) is 1.81. The van der Waals surface area contributed by atoms with E-state index in [4.69, 9.17) is 5.11 Å². The van der Waals surface area contributed by atoms with Gasteiger partial charge in [0.05, 0.1) is 0 Å². The molecule has 0 rings (SSSR count). The van der Waals surface area contributed by atoms with Crippen LogP contribution in [0.3, 0.4) is 0 Å². The van der Waals surface area contributed by atoms with E-state index < -0.39 is 24.6 Å². The number of hydrogen-bond acceptors (Lipinski definition) is 2. The number of carboxylic acid groups (broad SMARTS) is 1. The second kappa shape index (κ2) is 3.40. The fraction of sp³-hybridized carbons (Fsp3) is 0.750. The summed E-state index contributed by atoms with van der Waals surface area (Å²) >= 11 is 0. The zero-order chi connectivity index (χ0) is 10.9. The van der Waals surface area contributed by atoms with E-state index in [1.165, 1.54) is 0 Å². The van der Waals surface area contributed by atoms with E-state index in [0.29, 0.717) is 0 Å². The smallest absolute Gasteiger partial charge is 0.477 e. The van der Waals surface area contributed by atoms with Crippen LogP contribution in [0, 0.1) is 0 Å². The van der Waals surface area contributed by atoms with Gasteiger partial charge in [-0.1, -0.05) is 0 Å². The largest absolute Gasteiger partial charge is 0.525 e. The van der Waals surface area contributed by atoms with Crippen molar-refractivity contribution in [2.75, 3.05) is 0 Å². The van der Waals surface area contributed by atoms with Gasteiger partial charge in [0, 0.05) is 0 Å². The molecule has 0 radical (unpaired) electrons. The maximum Gasteiger partial charge on any atom is 0.525 e. The normalized spacial score (nSPS) is 15.5. The molecule has 1 N–H and O–H groups in total. The third kappa shape index (κ3) is 3.49. The number of halogens is 6. The molecule has 0 aliphatic heterocycles. The van der Waals surface area contributed by atoms with E-state index in [0.717, 1.165) is 0 Å². The van der Waals surface area contributed by atoms with E-state index in [-0.39, 0.29) is 0 Å². The monoisotopic (exact) mass is 212 g/mol. The molecule has 1 atom stereocenters. The Morgan fingerprint density at radius 2 is 1.62 bits per heavy atom. The minimum atomic E-state index is -5.65. The van der Waals surface area contributed by atoms with Crippen LogP contribution < -0.4 is 0 Å². The van der Waals surface area contributed by atoms with Crippen LogP contribution in [-0.4, -0.2) is 29.7 Å². The van der Waals surface area contributed by atoms with Crippen molar-refractivity contribution in [1.29, 1.82) is 0 Å². The molecular weight excluding hydrogens is 210 g/mol. The van der Waals surface area contributed by atoms with Crippen molar-refractivity contribution in [2.24, 2.45) is 0 Å². The molecule has 1 unspecified atom stereocenters. The fourth-order valence-electron chi connectivity index (χ4n) is 0.288. The number of carboxylic acids is 1. The molecule has 9 heteroatoms. The van der Waals surface area contributed by atoms with Crippen LogP contribution in [0.5, 0.6) is 0 Å². The van der Waals surface area contributed by atoms with Crippen LogP contribution in [0.15, 0.2) is 0 Å². The maximum atomic E-state index is 11.9. The first-order valence-electron chi connectivity index (χ1n) is 2.57. The predicted molar refractivity (Wildman–Crippen MR) is 24.6 cm³/mol. The van der Waals surface area contributed by atoms with Crippen LogP contribution in [0.2, 0.25) is 0 Å². The van der Waals surface area contributed by atoms with Gasteiger partial charge in [-0.2, -0.15) is 8.78 Å². The first-order valence-corrected chi connectivity index (χ1v) is 2.57. The first kappa shape index (κ1) is 12.0. The van der Waals surface area contributed by atoms with Crippen molar-refractivity contribution in [2.45, 2.75) is 18.6 Å². The lowest BCUT2D eigenvalue weighted by Gasteiger charge is -2.17. The minimum Gasteiger partial charge on any atom is -0.477 e. The Balaban J connectivity index is 4.43. The van der Waals surface area contributed by atoms with E-state index >= 15 is 0 Å². The lowest BCUT2D eigenvalue weighted by atomic mass is 10.3. The molecule has 0 aliphatic rings. The highest BCUT2D eigenvalue weighted by Gasteiger charge is 2.54. The minimum absolute atomic E-state index is 2.17. The Morgan fingerprint density at radius 3 is 1.85 bits per heavy atom. The number of ether oxygens (including phenoxy) is 1. The summed E-state index contributed by atoms with van der Waals surface area (Å²) in [5, 5.41) is 7.57. The van der Waals surface area contributed by atoms with Crippen LogP contribution in [0.1, 0.15) is 0 Å². The number of carbonyl (C=O) groups is 1. The van der Waals surface area contributed by atoms with Crippen molar-refractivity contribution in [3.63, 3.8) is 0 Å². The van der Waals surface area contributed by atoms with Crippen LogP contribution in [0.25, 0.3) is 0 Å². The molecule has 0 aromatic heterocycles. The zero-order valence-electron chi connectivity index (χ0n) is 5.61. The van der Waals surface area contributed by atoms with Gasteiger partial charge >= 0.3 is 18.3 Å². The number of alkyl halides is 6. The van der Waals surface area contributed by atoms with Crippen molar-refractivity contribution >= 4 is 5.97 Å². The lowest BCUT2D eigenvalue weighted by Crippen LogP contribution is -2.42. The van der Waals surface area contributed by atoms with Gasteiger partial charge in [0.1, 0.15) is 0 Å². The van der Waals surface area contributed by atoms with Gasteiger partial charge in [-0.3, -0.25) is 0 Å². The number of hydrogen-bond donors (Lipinski definition) is 1. The number of aliphatic carboxylic acids is 1. The second-order valence-electron chi connectivity index (χ2n) is 1.81. The van der Waals surface area contributed by atoms with Gasteiger partial charge in [0.15, 0.2) is 0 Å². The average Bonchev–Trinajstić information content (AvgIpc) is 1.82. The van der Waals surface area contributed by atoms with Gasteiger partial charge in [-0.15, -0.1) is 13.2 Å². The summed E-state index contributed by atoms with van der Waals surface area (Å²) in [5.74, 6) is -8.26. The standard InChI is InChI=1S/C4H2F6O3/c5-1(13-4(8,9)10)3(6,7)2(11)12/h1H,(H,11,12). The van der Waals surface area contributed by atoms with Crippen molar-refractivity contribution in [3.8, 4) is 0 Å². The average molecular weight is 212 g/mol. The Labute approximate surface area is 66.9 Å². The predicted octanol–water partition coefficient (Wildman–Crippen LogP) is 1.54. The molecule has 0 bridgehead atoms. The number of rotatable bonds is 3. The molecule has 0 saturated carbocycles. The molecule has 3 nitrogen and oxygen atoms in total. The summed E-state index contributed by atoms with van der Waals surface area (Å²) in [7, 11) is 0. The molecular formula is C4H2F6O3.